The first-order valence-electron chi connectivity index (χ1n) is 7.97. The summed E-state index contributed by atoms with van der Waals surface area (Å²) < 4.78 is 0. The quantitative estimate of drug-likeness (QED) is 0.746. The standard InChI is InChI=1S/C17H17N7/c18-8-12-7-13-15(9-20-12)22-23-17(13)14-4-1-5-16(21-14)24-6-2-3-11(19)10-24/h1,4-5,7,9,11H,2-3,6,10,19H2,(H,22,23)/t11-/m0/s1. The number of anilines is 1. The van der Waals surface area contributed by atoms with Gasteiger partial charge in [-0.15, -0.1) is 0 Å². The van der Waals surface area contributed by atoms with Gasteiger partial charge in [0, 0.05) is 24.5 Å². The summed E-state index contributed by atoms with van der Waals surface area (Å²) in [4.78, 5) is 11.0. The Hall–Kier alpha value is -2.98. The van der Waals surface area contributed by atoms with Crippen molar-refractivity contribution in [3.8, 4) is 17.5 Å². The van der Waals surface area contributed by atoms with Crippen molar-refractivity contribution >= 4 is 16.7 Å². The zero-order valence-electron chi connectivity index (χ0n) is 13.1. The van der Waals surface area contributed by atoms with Crippen LogP contribution in [0.1, 0.15) is 18.5 Å². The molecule has 1 fully saturated rings. The van der Waals surface area contributed by atoms with E-state index in [2.05, 4.69) is 26.2 Å². The minimum atomic E-state index is 0.194. The van der Waals surface area contributed by atoms with Crippen LogP contribution >= 0.6 is 0 Å². The molecule has 1 atom stereocenters. The summed E-state index contributed by atoms with van der Waals surface area (Å²) in [5.74, 6) is 0.911. The normalized spacial score (nSPS) is 17.8. The van der Waals surface area contributed by atoms with Crippen LogP contribution in [0.15, 0.2) is 30.5 Å². The average Bonchev–Trinajstić information content (AvgIpc) is 3.05. The number of fused-ring (bicyclic) bond motifs is 1. The summed E-state index contributed by atoms with van der Waals surface area (Å²) >= 11 is 0. The van der Waals surface area contributed by atoms with E-state index in [0.29, 0.717) is 5.69 Å². The Bertz CT molecular complexity index is 924. The van der Waals surface area contributed by atoms with Crippen molar-refractivity contribution in [2.75, 3.05) is 18.0 Å². The molecular formula is C17H17N7. The molecule has 0 amide bonds. The summed E-state index contributed by atoms with van der Waals surface area (Å²) in [6, 6.07) is 9.89. The monoisotopic (exact) mass is 319 g/mol. The maximum absolute atomic E-state index is 9.06. The molecule has 0 bridgehead atoms. The van der Waals surface area contributed by atoms with Gasteiger partial charge in [0.25, 0.3) is 0 Å². The minimum absolute atomic E-state index is 0.194. The number of piperidine rings is 1. The third-order valence-corrected chi connectivity index (χ3v) is 4.32. The van der Waals surface area contributed by atoms with Crippen molar-refractivity contribution in [3.63, 3.8) is 0 Å². The largest absolute Gasteiger partial charge is 0.355 e. The third-order valence-electron chi connectivity index (χ3n) is 4.32. The fraction of sp³-hybridized carbons (Fsp3) is 0.294. The number of nitriles is 1. The zero-order valence-corrected chi connectivity index (χ0v) is 13.1. The van der Waals surface area contributed by atoms with Crippen molar-refractivity contribution in [1.82, 2.24) is 20.2 Å². The SMILES string of the molecule is N#Cc1cc2c(-c3cccc(N4CCC[C@H](N)C4)n3)n[nH]c2cn1. The van der Waals surface area contributed by atoms with E-state index in [-0.39, 0.29) is 6.04 Å². The zero-order chi connectivity index (χ0) is 16.5. The van der Waals surface area contributed by atoms with Crippen molar-refractivity contribution in [2.45, 2.75) is 18.9 Å². The van der Waals surface area contributed by atoms with E-state index < -0.39 is 0 Å². The second-order valence-electron chi connectivity index (χ2n) is 6.03. The molecule has 0 unspecified atom stereocenters. The Morgan fingerprint density at radius 2 is 2.29 bits per heavy atom. The summed E-state index contributed by atoms with van der Waals surface area (Å²) in [5.41, 5.74) is 8.73. The lowest BCUT2D eigenvalue weighted by Crippen LogP contribution is -2.43. The van der Waals surface area contributed by atoms with E-state index >= 15 is 0 Å². The highest BCUT2D eigenvalue weighted by atomic mass is 15.2. The summed E-state index contributed by atoms with van der Waals surface area (Å²) in [6.07, 6.45) is 3.76. The molecule has 3 aromatic heterocycles. The van der Waals surface area contributed by atoms with Crippen LogP contribution < -0.4 is 10.6 Å². The van der Waals surface area contributed by atoms with Crippen LogP contribution in [0.2, 0.25) is 0 Å². The first kappa shape index (κ1) is 14.6. The van der Waals surface area contributed by atoms with E-state index in [4.69, 9.17) is 16.0 Å². The van der Waals surface area contributed by atoms with Gasteiger partial charge in [-0.25, -0.2) is 9.97 Å². The molecule has 120 valence electrons. The number of hydrogen-bond donors (Lipinski definition) is 2. The van der Waals surface area contributed by atoms with Crippen LogP contribution in [-0.4, -0.2) is 39.3 Å². The first-order chi connectivity index (χ1) is 11.7. The fourth-order valence-electron chi connectivity index (χ4n) is 3.12. The highest BCUT2D eigenvalue weighted by Crippen LogP contribution is 2.27. The Morgan fingerprint density at radius 3 is 3.12 bits per heavy atom. The van der Waals surface area contributed by atoms with E-state index in [1.165, 1.54) is 0 Å². The molecule has 0 saturated carbocycles. The van der Waals surface area contributed by atoms with Crippen molar-refractivity contribution in [1.29, 1.82) is 5.26 Å². The van der Waals surface area contributed by atoms with Gasteiger partial charge in [-0.2, -0.15) is 10.4 Å². The van der Waals surface area contributed by atoms with Crippen molar-refractivity contribution < 1.29 is 0 Å². The molecule has 7 heteroatoms. The van der Waals surface area contributed by atoms with Gasteiger partial charge in [0.05, 0.1) is 17.4 Å². The van der Waals surface area contributed by atoms with Gasteiger partial charge in [-0.3, -0.25) is 5.10 Å². The van der Waals surface area contributed by atoms with Crippen LogP contribution in [0, 0.1) is 11.3 Å². The van der Waals surface area contributed by atoms with Gasteiger partial charge in [-0.1, -0.05) is 6.07 Å². The molecule has 3 aromatic rings. The van der Waals surface area contributed by atoms with E-state index in [9.17, 15) is 0 Å². The second-order valence-corrected chi connectivity index (χ2v) is 6.03. The van der Waals surface area contributed by atoms with E-state index in [1.807, 2.05) is 18.2 Å². The maximum Gasteiger partial charge on any atom is 0.141 e. The molecule has 0 spiro atoms. The second kappa shape index (κ2) is 5.91. The molecule has 24 heavy (non-hydrogen) atoms. The average molecular weight is 319 g/mol. The predicted molar refractivity (Wildman–Crippen MR) is 91.3 cm³/mol. The fourth-order valence-corrected chi connectivity index (χ4v) is 3.12. The maximum atomic E-state index is 9.06. The van der Waals surface area contributed by atoms with Crippen LogP contribution in [0.4, 0.5) is 5.82 Å². The Balaban J connectivity index is 1.75. The van der Waals surface area contributed by atoms with E-state index in [0.717, 1.165) is 54.0 Å². The molecule has 0 aliphatic carbocycles. The van der Waals surface area contributed by atoms with Crippen LogP contribution in [-0.2, 0) is 0 Å². The van der Waals surface area contributed by atoms with Crippen LogP contribution in [0.3, 0.4) is 0 Å². The summed E-state index contributed by atoms with van der Waals surface area (Å²) in [7, 11) is 0. The molecule has 1 saturated heterocycles. The molecule has 4 rings (SSSR count). The first-order valence-corrected chi connectivity index (χ1v) is 7.97. The highest BCUT2D eigenvalue weighted by molar-refractivity contribution is 5.92. The molecule has 1 aliphatic heterocycles. The Kier molecular flexibility index (Phi) is 3.59. The smallest absolute Gasteiger partial charge is 0.141 e. The van der Waals surface area contributed by atoms with Gasteiger partial charge in [0.2, 0.25) is 0 Å². The number of aromatic amines is 1. The molecule has 0 radical (unpaired) electrons. The van der Waals surface area contributed by atoms with Gasteiger partial charge in [-0.05, 0) is 31.0 Å². The van der Waals surface area contributed by atoms with Crippen molar-refractivity contribution in [2.24, 2.45) is 5.73 Å². The Labute approximate surface area is 139 Å². The number of nitrogens with one attached hydrogen (secondary N) is 1. The van der Waals surface area contributed by atoms with Crippen LogP contribution in [0.25, 0.3) is 22.3 Å². The Morgan fingerprint density at radius 1 is 1.38 bits per heavy atom. The molecule has 0 aromatic carbocycles. The number of pyridine rings is 2. The van der Waals surface area contributed by atoms with Gasteiger partial charge >= 0.3 is 0 Å². The lowest BCUT2D eigenvalue weighted by Gasteiger charge is -2.31. The predicted octanol–water partition coefficient (Wildman–Crippen LogP) is 1.82. The highest BCUT2D eigenvalue weighted by Gasteiger charge is 2.19. The molecule has 1 aliphatic rings. The number of nitrogens with zero attached hydrogens (tertiary/aromatic N) is 5. The molecule has 3 N–H and O–H groups in total. The van der Waals surface area contributed by atoms with E-state index in [1.54, 1.807) is 12.3 Å². The molecule has 4 heterocycles. The third kappa shape index (κ3) is 2.57. The van der Waals surface area contributed by atoms with Crippen molar-refractivity contribution in [3.05, 3.63) is 36.2 Å². The lowest BCUT2D eigenvalue weighted by atomic mass is 10.1. The molecule has 7 nitrogen and oxygen atoms in total. The molecular weight excluding hydrogens is 302 g/mol. The van der Waals surface area contributed by atoms with Gasteiger partial charge in [0.1, 0.15) is 23.3 Å². The lowest BCUT2D eigenvalue weighted by molar-refractivity contribution is 0.503. The number of nitrogens with two attached hydrogens (primary N) is 1. The number of rotatable bonds is 2. The van der Waals surface area contributed by atoms with Crippen LogP contribution in [0.5, 0.6) is 0 Å². The number of H-pyrrole nitrogens is 1. The summed E-state index contributed by atoms with van der Waals surface area (Å²) in [6.45, 7) is 1.79. The summed E-state index contributed by atoms with van der Waals surface area (Å²) in [5, 5.41) is 17.2. The number of hydrogen-bond acceptors (Lipinski definition) is 6. The van der Waals surface area contributed by atoms with Gasteiger partial charge < -0.3 is 10.6 Å². The van der Waals surface area contributed by atoms with Gasteiger partial charge in [0.15, 0.2) is 0 Å². The topological polar surface area (TPSA) is 108 Å². The number of aromatic nitrogens is 4. The minimum Gasteiger partial charge on any atom is -0.355 e.